The Morgan fingerprint density at radius 2 is 1.69 bits per heavy atom. The van der Waals surface area contributed by atoms with E-state index in [1.165, 1.54) is 5.56 Å². The second kappa shape index (κ2) is 9.43. The van der Waals surface area contributed by atoms with Crippen LogP contribution in [0.3, 0.4) is 0 Å². The number of methoxy groups -OCH3 is 2. The molecule has 1 aliphatic heterocycles. The summed E-state index contributed by atoms with van der Waals surface area (Å²) in [6, 6.07) is 24.1. The number of para-hydroxylation sites is 1. The van der Waals surface area contributed by atoms with E-state index in [-0.39, 0.29) is 12.1 Å². The Kier molecular flexibility index (Phi) is 6.17. The van der Waals surface area contributed by atoms with Crippen molar-refractivity contribution in [2.75, 3.05) is 19.1 Å². The van der Waals surface area contributed by atoms with E-state index in [1.54, 1.807) is 14.2 Å². The number of hydrogen-bond donors (Lipinski definition) is 1. The van der Waals surface area contributed by atoms with Crippen LogP contribution in [0.4, 0.5) is 5.69 Å². The van der Waals surface area contributed by atoms with Crippen LogP contribution >= 0.6 is 12.2 Å². The highest BCUT2D eigenvalue weighted by atomic mass is 32.1. The Labute approximate surface area is 211 Å². The van der Waals surface area contributed by atoms with Gasteiger partial charge in [-0.1, -0.05) is 24.3 Å². The first-order valence-electron chi connectivity index (χ1n) is 11.5. The molecule has 0 aliphatic carbocycles. The highest BCUT2D eigenvalue weighted by molar-refractivity contribution is 7.80. The summed E-state index contributed by atoms with van der Waals surface area (Å²) >= 11 is 5.92. The number of aryl methyl sites for hydroxylation is 1. The highest BCUT2D eigenvalue weighted by Crippen LogP contribution is 2.47. The van der Waals surface area contributed by atoms with Gasteiger partial charge in [0.1, 0.15) is 11.5 Å². The molecule has 2 aromatic heterocycles. The highest BCUT2D eigenvalue weighted by Gasteiger charge is 2.43. The molecule has 1 N–H and O–H groups in total. The molecule has 0 saturated carbocycles. The molecular weight excluding hydrogens is 456 g/mol. The minimum Gasteiger partial charge on any atom is -0.497 e. The average Bonchev–Trinajstić information content (AvgIpc) is 3.39. The van der Waals surface area contributed by atoms with Crippen molar-refractivity contribution in [1.82, 2.24) is 14.9 Å². The van der Waals surface area contributed by atoms with E-state index in [2.05, 4.69) is 63.9 Å². The Balaban J connectivity index is 1.72. The van der Waals surface area contributed by atoms with Gasteiger partial charge in [0.2, 0.25) is 0 Å². The number of rotatable bonds is 6. The molecule has 2 atom stereocenters. The molecule has 2 aromatic carbocycles. The van der Waals surface area contributed by atoms with E-state index in [0.29, 0.717) is 5.11 Å². The summed E-state index contributed by atoms with van der Waals surface area (Å²) < 4.78 is 13.6. The largest absolute Gasteiger partial charge is 0.497 e. The number of nitrogens with zero attached hydrogens (tertiary/aromatic N) is 3. The van der Waals surface area contributed by atoms with Gasteiger partial charge >= 0.3 is 0 Å². The van der Waals surface area contributed by atoms with Crippen LogP contribution in [0.1, 0.15) is 34.7 Å². The lowest BCUT2D eigenvalue weighted by atomic mass is 9.96. The maximum Gasteiger partial charge on any atom is 0.174 e. The fourth-order valence-corrected chi connectivity index (χ4v) is 5.32. The lowest BCUT2D eigenvalue weighted by Crippen LogP contribution is -2.30. The Hall–Kier alpha value is -3.84. The number of benzene rings is 2. The Morgan fingerprint density at radius 1 is 0.914 bits per heavy atom. The fourth-order valence-electron chi connectivity index (χ4n) is 4.98. The van der Waals surface area contributed by atoms with E-state index in [0.717, 1.165) is 40.0 Å². The molecule has 6 nitrogen and oxygen atoms in total. The van der Waals surface area contributed by atoms with Crippen LogP contribution in [-0.4, -0.2) is 28.9 Å². The zero-order chi connectivity index (χ0) is 24.5. The lowest BCUT2D eigenvalue weighted by molar-refractivity contribution is 0.403. The van der Waals surface area contributed by atoms with Crippen LogP contribution in [0, 0.1) is 13.8 Å². The number of thiocarbonyl (C=S) groups is 1. The number of hydrogen-bond acceptors (Lipinski definition) is 4. The number of ether oxygens (including phenoxy) is 2. The molecule has 7 heteroatoms. The molecule has 1 saturated heterocycles. The third-order valence-corrected chi connectivity index (χ3v) is 6.86. The zero-order valence-corrected chi connectivity index (χ0v) is 21.0. The van der Waals surface area contributed by atoms with Crippen LogP contribution in [0.5, 0.6) is 11.5 Å². The normalized spacial score (nSPS) is 17.4. The molecule has 35 heavy (non-hydrogen) atoms. The number of anilines is 1. The van der Waals surface area contributed by atoms with Gasteiger partial charge in [0, 0.05) is 29.3 Å². The molecule has 0 spiro atoms. The van der Waals surface area contributed by atoms with E-state index in [4.69, 9.17) is 21.7 Å². The van der Waals surface area contributed by atoms with Gasteiger partial charge in [0.25, 0.3) is 0 Å². The second-order valence-electron chi connectivity index (χ2n) is 8.53. The SMILES string of the molecule is COc1ccc(OC)c(N2C(=S)N[C@H](c3ccccn3)[C@@H]2c2cc(C)n(-c3ccccc3)c2C)c1. The van der Waals surface area contributed by atoms with Crippen LogP contribution in [-0.2, 0) is 0 Å². The van der Waals surface area contributed by atoms with E-state index < -0.39 is 0 Å². The van der Waals surface area contributed by atoms with Gasteiger partial charge in [-0.15, -0.1) is 0 Å². The minimum absolute atomic E-state index is 0.149. The van der Waals surface area contributed by atoms with Gasteiger partial charge in [-0.3, -0.25) is 4.98 Å². The predicted octanol–water partition coefficient (Wildman–Crippen LogP) is 5.68. The van der Waals surface area contributed by atoms with Crippen molar-refractivity contribution in [2.45, 2.75) is 25.9 Å². The number of pyridine rings is 1. The predicted molar refractivity (Wildman–Crippen MR) is 143 cm³/mol. The monoisotopic (exact) mass is 484 g/mol. The molecule has 0 radical (unpaired) electrons. The third-order valence-electron chi connectivity index (χ3n) is 6.55. The smallest absolute Gasteiger partial charge is 0.174 e. The maximum atomic E-state index is 5.92. The van der Waals surface area contributed by atoms with E-state index in [1.807, 2.05) is 48.7 Å². The molecular formula is C28H28N4O2S. The quantitative estimate of drug-likeness (QED) is 0.355. The topological polar surface area (TPSA) is 51.6 Å². The molecule has 4 aromatic rings. The molecule has 3 heterocycles. The van der Waals surface area contributed by atoms with Gasteiger partial charge in [0.05, 0.1) is 37.7 Å². The molecule has 1 fully saturated rings. The number of nitrogens with one attached hydrogen (secondary N) is 1. The Bertz CT molecular complexity index is 1350. The van der Waals surface area contributed by atoms with Gasteiger partial charge in [-0.2, -0.15) is 0 Å². The molecule has 0 bridgehead atoms. The van der Waals surface area contributed by atoms with Crippen molar-refractivity contribution in [2.24, 2.45) is 0 Å². The van der Waals surface area contributed by atoms with Crippen molar-refractivity contribution >= 4 is 23.0 Å². The summed E-state index contributed by atoms with van der Waals surface area (Å²) in [5.41, 5.74) is 6.37. The average molecular weight is 485 g/mol. The van der Waals surface area contributed by atoms with Crippen molar-refractivity contribution in [3.05, 3.63) is 102 Å². The van der Waals surface area contributed by atoms with E-state index in [9.17, 15) is 0 Å². The van der Waals surface area contributed by atoms with Gasteiger partial charge in [0.15, 0.2) is 5.11 Å². The summed E-state index contributed by atoms with van der Waals surface area (Å²) in [4.78, 5) is 6.81. The molecule has 0 amide bonds. The van der Waals surface area contributed by atoms with Crippen molar-refractivity contribution in [1.29, 1.82) is 0 Å². The summed E-state index contributed by atoms with van der Waals surface area (Å²) in [6.45, 7) is 4.30. The minimum atomic E-state index is -0.151. The number of aromatic nitrogens is 2. The first-order valence-corrected chi connectivity index (χ1v) is 11.9. The Morgan fingerprint density at radius 3 is 2.37 bits per heavy atom. The first kappa shape index (κ1) is 22.9. The van der Waals surface area contributed by atoms with Crippen LogP contribution in [0.25, 0.3) is 5.69 Å². The van der Waals surface area contributed by atoms with Crippen molar-refractivity contribution < 1.29 is 9.47 Å². The summed E-state index contributed by atoms with van der Waals surface area (Å²) in [7, 11) is 3.33. The summed E-state index contributed by atoms with van der Waals surface area (Å²) in [5.74, 6) is 1.46. The standard InChI is InChI=1S/C28H28N4O2S/c1-18-16-22(19(2)31(18)20-10-6-5-7-11-20)27-26(23-12-8-9-15-29-23)30-28(35)32(27)24-17-21(33-3)13-14-25(24)34-4/h5-17,26-27H,1-4H3,(H,30,35)/t26-,27+/m1/s1. The van der Waals surface area contributed by atoms with Crippen molar-refractivity contribution in [3.63, 3.8) is 0 Å². The van der Waals surface area contributed by atoms with Gasteiger partial charge < -0.3 is 24.3 Å². The molecule has 1 aliphatic rings. The van der Waals surface area contributed by atoms with Crippen molar-refractivity contribution in [3.8, 4) is 17.2 Å². The fraction of sp³-hybridized carbons (Fsp3) is 0.214. The van der Waals surface area contributed by atoms with Crippen LogP contribution < -0.4 is 19.7 Å². The summed E-state index contributed by atoms with van der Waals surface area (Å²) in [6.07, 6.45) is 1.82. The summed E-state index contributed by atoms with van der Waals surface area (Å²) in [5, 5.41) is 4.15. The zero-order valence-electron chi connectivity index (χ0n) is 20.2. The third kappa shape index (κ3) is 4.02. The van der Waals surface area contributed by atoms with Crippen LogP contribution in [0.15, 0.2) is 79.0 Å². The maximum absolute atomic E-state index is 5.92. The van der Waals surface area contributed by atoms with E-state index >= 15 is 0 Å². The first-order chi connectivity index (χ1) is 17.0. The lowest BCUT2D eigenvalue weighted by Gasteiger charge is -2.29. The molecule has 0 unspecified atom stereocenters. The second-order valence-corrected chi connectivity index (χ2v) is 8.92. The molecule has 5 rings (SSSR count). The van der Waals surface area contributed by atoms with Gasteiger partial charge in [-0.05, 0) is 74.1 Å². The van der Waals surface area contributed by atoms with Gasteiger partial charge in [-0.25, -0.2) is 0 Å². The van der Waals surface area contributed by atoms with Crippen LogP contribution in [0.2, 0.25) is 0 Å². The molecule has 178 valence electrons.